The Bertz CT molecular complexity index is 1280. The number of carbonyl (C=O) groups excluding carboxylic acids is 3. The van der Waals surface area contributed by atoms with E-state index in [0.717, 1.165) is 4.90 Å². The predicted molar refractivity (Wildman–Crippen MR) is 119 cm³/mol. The highest BCUT2D eigenvalue weighted by Crippen LogP contribution is 2.28. The summed E-state index contributed by atoms with van der Waals surface area (Å²) in [6, 6.07) is 15.5. The van der Waals surface area contributed by atoms with Crippen molar-refractivity contribution in [2.24, 2.45) is 0 Å². The molecule has 0 atom stereocenters. The molecule has 0 saturated carbocycles. The zero-order valence-corrected chi connectivity index (χ0v) is 17.8. The molecule has 0 bridgehead atoms. The van der Waals surface area contributed by atoms with Crippen LogP contribution in [0.25, 0.3) is 0 Å². The van der Waals surface area contributed by atoms with Crippen LogP contribution in [-0.4, -0.2) is 34.7 Å². The Balaban J connectivity index is 1.61. The van der Waals surface area contributed by atoms with E-state index in [9.17, 15) is 24.5 Å². The number of anilines is 1. The third-order valence-electron chi connectivity index (χ3n) is 5.41. The van der Waals surface area contributed by atoms with Gasteiger partial charge in [0.15, 0.2) is 0 Å². The number of methoxy groups -OCH3 is 1. The molecule has 1 N–H and O–H groups in total. The van der Waals surface area contributed by atoms with Crippen LogP contribution < -0.4 is 10.1 Å². The fourth-order valence-corrected chi connectivity index (χ4v) is 3.64. The van der Waals surface area contributed by atoms with E-state index in [1.165, 1.54) is 25.3 Å². The second-order valence-corrected chi connectivity index (χ2v) is 7.49. The van der Waals surface area contributed by atoms with Gasteiger partial charge >= 0.3 is 0 Å². The second-order valence-electron chi connectivity index (χ2n) is 7.49. The Morgan fingerprint density at radius 2 is 1.70 bits per heavy atom. The lowest BCUT2D eigenvalue weighted by Crippen LogP contribution is -2.29. The lowest BCUT2D eigenvalue weighted by atomic mass is 10.1. The van der Waals surface area contributed by atoms with Gasteiger partial charge in [0.25, 0.3) is 23.4 Å². The van der Waals surface area contributed by atoms with Crippen LogP contribution in [-0.2, 0) is 6.54 Å². The molecular formula is C24H19N3O6. The van der Waals surface area contributed by atoms with Crippen molar-refractivity contribution in [3.8, 4) is 5.75 Å². The largest absolute Gasteiger partial charge is 0.496 e. The van der Waals surface area contributed by atoms with Gasteiger partial charge in [-0.1, -0.05) is 24.3 Å². The lowest BCUT2D eigenvalue weighted by Gasteiger charge is -2.16. The quantitative estimate of drug-likeness (QED) is 0.348. The summed E-state index contributed by atoms with van der Waals surface area (Å²) in [7, 11) is 1.41. The normalized spacial score (nSPS) is 12.5. The monoisotopic (exact) mass is 445 g/mol. The van der Waals surface area contributed by atoms with Gasteiger partial charge in [0, 0.05) is 12.1 Å². The molecule has 1 aliphatic heterocycles. The minimum Gasteiger partial charge on any atom is -0.496 e. The van der Waals surface area contributed by atoms with E-state index in [2.05, 4.69) is 5.32 Å². The molecular weight excluding hydrogens is 426 g/mol. The number of nitrogens with one attached hydrogen (secondary N) is 1. The molecule has 3 aromatic rings. The zero-order chi connectivity index (χ0) is 23.7. The topological polar surface area (TPSA) is 119 Å². The maximum atomic E-state index is 13.0. The van der Waals surface area contributed by atoms with Crippen LogP contribution in [0.2, 0.25) is 0 Å². The number of non-ortho nitro benzene ring substituents is 1. The second kappa shape index (κ2) is 8.54. The van der Waals surface area contributed by atoms with Crippen molar-refractivity contribution in [2.75, 3.05) is 12.4 Å². The summed E-state index contributed by atoms with van der Waals surface area (Å²) < 4.78 is 5.30. The molecule has 33 heavy (non-hydrogen) atoms. The first kappa shape index (κ1) is 21.7. The molecule has 9 heteroatoms. The van der Waals surface area contributed by atoms with Gasteiger partial charge in [0.1, 0.15) is 5.75 Å². The average Bonchev–Trinajstić information content (AvgIpc) is 3.05. The summed E-state index contributed by atoms with van der Waals surface area (Å²) in [4.78, 5) is 50.0. The van der Waals surface area contributed by atoms with Crippen LogP contribution in [0.15, 0.2) is 60.7 Å². The highest BCUT2D eigenvalue weighted by molar-refractivity contribution is 6.21. The summed E-state index contributed by atoms with van der Waals surface area (Å²) in [5, 5.41) is 13.8. The molecule has 166 valence electrons. The van der Waals surface area contributed by atoms with E-state index in [1.54, 1.807) is 49.4 Å². The summed E-state index contributed by atoms with van der Waals surface area (Å²) in [5.74, 6) is -1.06. The van der Waals surface area contributed by atoms with Gasteiger partial charge in [-0.25, -0.2) is 0 Å². The molecule has 0 aliphatic carbocycles. The molecule has 1 heterocycles. The van der Waals surface area contributed by atoms with Gasteiger partial charge in [0.05, 0.1) is 41.0 Å². The molecule has 0 saturated heterocycles. The molecule has 0 radical (unpaired) electrons. The third kappa shape index (κ3) is 4.03. The van der Waals surface area contributed by atoms with E-state index in [0.29, 0.717) is 27.9 Å². The number of nitro benzene ring substituents is 1. The molecule has 0 spiro atoms. The summed E-state index contributed by atoms with van der Waals surface area (Å²) in [6.45, 7) is 1.70. The molecule has 4 rings (SSSR count). The maximum Gasteiger partial charge on any atom is 0.271 e. The van der Waals surface area contributed by atoms with E-state index >= 15 is 0 Å². The number of benzene rings is 3. The fraction of sp³-hybridized carbons (Fsp3) is 0.125. The number of amides is 3. The van der Waals surface area contributed by atoms with Crippen molar-refractivity contribution < 1.29 is 24.0 Å². The van der Waals surface area contributed by atoms with E-state index in [4.69, 9.17) is 4.74 Å². The Labute approximate surface area is 188 Å². The first-order chi connectivity index (χ1) is 15.8. The van der Waals surface area contributed by atoms with Crippen LogP contribution in [0.5, 0.6) is 5.75 Å². The van der Waals surface area contributed by atoms with Crippen LogP contribution in [0, 0.1) is 17.0 Å². The summed E-state index contributed by atoms with van der Waals surface area (Å²) in [6.07, 6.45) is 0. The number of carbonyl (C=O) groups is 3. The Hall–Kier alpha value is -4.53. The van der Waals surface area contributed by atoms with Crippen molar-refractivity contribution in [2.45, 2.75) is 13.5 Å². The number of nitro groups is 1. The summed E-state index contributed by atoms with van der Waals surface area (Å²) in [5.41, 5.74) is 2.19. The van der Waals surface area contributed by atoms with Gasteiger partial charge in [-0.3, -0.25) is 29.4 Å². The van der Waals surface area contributed by atoms with Crippen LogP contribution >= 0.6 is 0 Å². The fourth-order valence-electron chi connectivity index (χ4n) is 3.64. The maximum absolute atomic E-state index is 13.0. The minimum atomic E-state index is -0.543. The number of fused-ring (bicyclic) bond motifs is 1. The van der Waals surface area contributed by atoms with Gasteiger partial charge in [-0.2, -0.15) is 0 Å². The van der Waals surface area contributed by atoms with Crippen molar-refractivity contribution >= 4 is 29.1 Å². The van der Waals surface area contributed by atoms with Gasteiger partial charge in [0.2, 0.25) is 0 Å². The number of imide groups is 1. The number of ether oxygens (including phenoxy) is 1. The highest BCUT2D eigenvalue weighted by atomic mass is 16.6. The van der Waals surface area contributed by atoms with Crippen LogP contribution in [0.3, 0.4) is 0 Å². The third-order valence-corrected chi connectivity index (χ3v) is 5.41. The molecule has 3 aromatic carbocycles. The van der Waals surface area contributed by atoms with Gasteiger partial charge in [-0.05, 0) is 42.3 Å². The van der Waals surface area contributed by atoms with Gasteiger partial charge < -0.3 is 10.1 Å². The standard InChI is InChI=1S/C24H19N3O6/c1-14-7-9-16(27(31)32)12-20(14)25-22(28)19-11-15(8-10-21(19)33-2)13-26-23(29)17-5-3-4-6-18(17)24(26)30/h3-12H,13H2,1-2H3,(H,25,28). The number of nitrogens with zero attached hydrogens (tertiary/aromatic N) is 2. The SMILES string of the molecule is COc1ccc(CN2C(=O)c3ccccc3C2=O)cc1C(=O)Nc1cc([N+](=O)[O-])ccc1C. The predicted octanol–water partition coefficient (Wildman–Crippen LogP) is 3.96. The van der Waals surface area contributed by atoms with Crippen LogP contribution in [0.4, 0.5) is 11.4 Å². The molecule has 9 nitrogen and oxygen atoms in total. The number of aryl methyl sites for hydroxylation is 1. The molecule has 0 aromatic heterocycles. The van der Waals surface area contributed by atoms with Crippen molar-refractivity contribution in [1.82, 2.24) is 4.90 Å². The number of rotatable bonds is 6. The Morgan fingerprint density at radius 1 is 1.03 bits per heavy atom. The average molecular weight is 445 g/mol. The van der Waals surface area contributed by atoms with Crippen molar-refractivity contribution in [3.05, 3.63) is 98.6 Å². The molecule has 0 fully saturated rings. The molecule has 3 amide bonds. The minimum absolute atomic E-state index is 0.0214. The van der Waals surface area contributed by atoms with E-state index < -0.39 is 22.6 Å². The van der Waals surface area contributed by atoms with E-state index in [1.807, 2.05) is 0 Å². The number of hydrogen-bond donors (Lipinski definition) is 1. The van der Waals surface area contributed by atoms with Crippen molar-refractivity contribution in [3.63, 3.8) is 0 Å². The smallest absolute Gasteiger partial charge is 0.271 e. The highest BCUT2D eigenvalue weighted by Gasteiger charge is 2.35. The van der Waals surface area contributed by atoms with Crippen LogP contribution in [0.1, 0.15) is 42.2 Å². The Morgan fingerprint density at radius 3 is 2.30 bits per heavy atom. The summed E-state index contributed by atoms with van der Waals surface area (Å²) >= 11 is 0. The zero-order valence-electron chi connectivity index (χ0n) is 17.8. The Kier molecular flexibility index (Phi) is 5.61. The number of hydrogen-bond acceptors (Lipinski definition) is 6. The lowest BCUT2D eigenvalue weighted by molar-refractivity contribution is -0.384. The first-order valence-electron chi connectivity index (χ1n) is 9.98. The van der Waals surface area contributed by atoms with Crippen molar-refractivity contribution in [1.29, 1.82) is 0 Å². The first-order valence-corrected chi connectivity index (χ1v) is 9.98. The molecule has 1 aliphatic rings. The van der Waals surface area contributed by atoms with Gasteiger partial charge in [-0.15, -0.1) is 0 Å². The molecule has 0 unspecified atom stereocenters. The van der Waals surface area contributed by atoms with E-state index in [-0.39, 0.29) is 23.5 Å².